The number of carbonyl (C=O) groups excluding carboxylic acids is 2. The van der Waals surface area contributed by atoms with Gasteiger partial charge in [0.1, 0.15) is 0 Å². The zero-order valence-electron chi connectivity index (χ0n) is 22.9. The van der Waals surface area contributed by atoms with Gasteiger partial charge in [0.05, 0.1) is 5.56 Å². The molecule has 2 fully saturated rings. The van der Waals surface area contributed by atoms with Crippen molar-refractivity contribution in [1.29, 1.82) is 0 Å². The van der Waals surface area contributed by atoms with Gasteiger partial charge in [0.2, 0.25) is 0 Å². The SMILES string of the molecule is O=C(Nc1ccc(N2CCN(C(=O)NCC3CCCCC3)CC2)cc1)c1ccccc1-c1ccc(C(F)(F)F)cc1. The highest BCUT2D eigenvalue weighted by Gasteiger charge is 2.30. The van der Waals surface area contributed by atoms with Crippen molar-refractivity contribution in [3.05, 3.63) is 83.9 Å². The molecule has 2 N–H and O–H groups in total. The Labute approximate surface area is 238 Å². The molecule has 1 aliphatic carbocycles. The van der Waals surface area contributed by atoms with E-state index in [0.717, 1.165) is 37.5 Å². The molecule has 1 saturated carbocycles. The fraction of sp³-hybridized carbons (Fsp3) is 0.375. The number of rotatable bonds is 6. The number of piperazine rings is 1. The first-order valence-electron chi connectivity index (χ1n) is 14.2. The van der Waals surface area contributed by atoms with Gasteiger partial charge in [-0.05, 0) is 72.4 Å². The predicted molar refractivity (Wildman–Crippen MR) is 155 cm³/mol. The van der Waals surface area contributed by atoms with Gasteiger partial charge in [-0.15, -0.1) is 0 Å². The molecule has 3 aromatic carbocycles. The maximum Gasteiger partial charge on any atom is 0.416 e. The second-order valence-corrected chi connectivity index (χ2v) is 10.8. The minimum absolute atomic E-state index is 0.0184. The smallest absolute Gasteiger partial charge is 0.368 e. The van der Waals surface area contributed by atoms with Crippen molar-refractivity contribution in [1.82, 2.24) is 10.2 Å². The molecule has 1 aliphatic heterocycles. The number of halogens is 3. The lowest BCUT2D eigenvalue weighted by Gasteiger charge is -2.36. The van der Waals surface area contributed by atoms with Crippen LogP contribution >= 0.6 is 0 Å². The maximum atomic E-state index is 13.1. The Kier molecular flexibility index (Phi) is 8.81. The van der Waals surface area contributed by atoms with Crippen molar-refractivity contribution in [3.8, 4) is 11.1 Å². The summed E-state index contributed by atoms with van der Waals surface area (Å²) in [5.74, 6) is 0.257. The van der Waals surface area contributed by atoms with Crippen LogP contribution in [0.3, 0.4) is 0 Å². The van der Waals surface area contributed by atoms with Crippen LogP contribution in [-0.4, -0.2) is 49.6 Å². The van der Waals surface area contributed by atoms with E-state index < -0.39 is 11.7 Å². The lowest BCUT2D eigenvalue weighted by molar-refractivity contribution is -0.137. The average molecular weight is 565 g/mol. The molecule has 2 aliphatic rings. The van der Waals surface area contributed by atoms with Crippen molar-refractivity contribution in [2.24, 2.45) is 5.92 Å². The van der Waals surface area contributed by atoms with Gasteiger partial charge in [-0.1, -0.05) is 49.6 Å². The summed E-state index contributed by atoms with van der Waals surface area (Å²) in [6, 6.07) is 19.2. The van der Waals surface area contributed by atoms with E-state index in [4.69, 9.17) is 0 Å². The Balaban J connectivity index is 1.15. The van der Waals surface area contributed by atoms with Crippen molar-refractivity contribution < 1.29 is 22.8 Å². The lowest BCUT2D eigenvalue weighted by atomic mass is 9.89. The van der Waals surface area contributed by atoms with E-state index in [-0.39, 0.29) is 11.9 Å². The molecule has 0 aromatic heterocycles. The Bertz CT molecular complexity index is 1330. The molecule has 5 rings (SSSR count). The van der Waals surface area contributed by atoms with E-state index in [0.29, 0.717) is 41.4 Å². The van der Waals surface area contributed by atoms with Gasteiger partial charge in [-0.25, -0.2) is 4.79 Å². The first-order valence-corrected chi connectivity index (χ1v) is 14.2. The highest BCUT2D eigenvalue weighted by Crippen LogP contribution is 2.32. The number of amides is 3. The van der Waals surface area contributed by atoms with E-state index >= 15 is 0 Å². The number of urea groups is 1. The Morgan fingerprint density at radius 1 is 0.805 bits per heavy atom. The third kappa shape index (κ3) is 7.20. The van der Waals surface area contributed by atoms with E-state index in [9.17, 15) is 22.8 Å². The molecule has 9 heteroatoms. The van der Waals surface area contributed by atoms with Crippen LogP contribution < -0.4 is 15.5 Å². The third-order valence-electron chi connectivity index (χ3n) is 8.02. The minimum atomic E-state index is -4.42. The van der Waals surface area contributed by atoms with E-state index in [1.807, 2.05) is 29.2 Å². The second-order valence-electron chi connectivity index (χ2n) is 10.8. The molecule has 0 spiro atoms. The fourth-order valence-corrected chi connectivity index (χ4v) is 5.63. The van der Waals surface area contributed by atoms with Gasteiger partial charge >= 0.3 is 12.2 Å². The lowest BCUT2D eigenvalue weighted by Crippen LogP contribution is -2.52. The first-order chi connectivity index (χ1) is 19.8. The Hall–Kier alpha value is -4.01. The second kappa shape index (κ2) is 12.7. The van der Waals surface area contributed by atoms with Gasteiger partial charge in [-0.2, -0.15) is 13.2 Å². The first kappa shape index (κ1) is 28.5. The van der Waals surface area contributed by atoms with Crippen LogP contribution in [0.5, 0.6) is 0 Å². The number of hydrogen-bond acceptors (Lipinski definition) is 3. The van der Waals surface area contributed by atoms with Crippen molar-refractivity contribution in [2.45, 2.75) is 38.3 Å². The summed E-state index contributed by atoms with van der Waals surface area (Å²) in [5.41, 5.74) is 2.34. The summed E-state index contributed by atoms with van der Waals surface area (Å²) in [6.45, 7) is 3.51. The van der Waals surface area contributed by atoms with Crippen LogP contribution in [0.15, 0.2) is 72.8 Å². The van der Waals surface area contributed by atoms with Crippen LogP contribution in [0.2, 0.25) is 0 Å². The summed E-state index contributed by atoms with van der Waals surface area (Å²) in [5, 5.41) is 6.02. The maximum absolute atomic E-state index is 13.1. The Morgan fingerprint density at radius 2 is 1.46 bits per heavy atom. The number of nitrogens with zero attached hydrogens (tertiary/aromatic N) is 2. The van der Waals surface area contributed by atoms with Crippen LogP contribution in [0.25, 0.3) is 11.1 Å². The third-order valence-corrected chi connectivity index (χ3v) is 8.02. The normalized spacial score (nSPS) is 16.4. The average Bonchev–Trinajstić information content (AvgIpc) is 3.00. The topological polar surface area (TPSA) is 64.7 Å². The Morgan fingerprint density at radius 3 is 2.12 bits per heavy atom. The van der Waals surface area contributed by atoms with E-state index in [1.165, 1.54) is 44.2 Å². The molecule has 216 valence electrons. The van der Waals surface area contributed by atoms with Gasteiger partial charge in [-0.3, -0.25) is 4.79 Å². The summed E-state index contributed by atoms with van der Waals surface area (Å²) >= 11 is 0. The summed E-state index contributed by atoms with van der Waals surface area (Å²) < 4.78 is 38.9. The van der Waals surface area contributed by atoms with Crippen molar-refractivity contribution in [2.75, 3.05) is 42.9 Å². The molecule has 3 amide bonds. The monoisotopic (exact) mass is 564 g/mol. The van der Waals surface area contributed by atoms with Gasteiger partial charge in [0.15, 0.2) is 0 Å². The molecule has 41 heavy (non-hydrogen) atoms. The fourth-order valence-electron chi connectivity index (χ4n) is 5.63. The molecule has 0 atom stereocenters. The van der Waals surface area contributed by atoms with Crippen molar-refractivity contribution >= 4 is 23.3 Å². The molecule has 3 aromatic rings. The van der Waals surface area contributed by atoms with Crippen LogP contribution in [0.4, 0.5) is 29.3 Å². The predicted octanol–water partition coefficient (Wildman–Crippen LogP) is 7.04. The van der Waals surface area contributed by atoms with Gasteiger partial charge in [0.25, 0.3) is 5.91 Å². The van der Waals surface area contributed by atoms with E-state index in [1.54, 1.807) is 24.3 Å². The molecule has 1 saturated heterocycles. The van der Waals surface area contributed by atoms with Gasteiger partial charge < -0.3 is 20.4 Å². The van der Waals surface area contributed by atoms with Crippen LogP contribution in [0.1, 0.15) is 48.0 Å². The largest absolute Gasteiger partial charge is 0.416 e. The van der Waals surface area contributed by atoms with Crippen LogP contribution in [0, 0.1) is 5.92 Å². The zero-order chi connectivity index (χ0) is 28.8. The number of hydrogen-bond donors (Lipinski definition) is 2. The molecule has 6 nitrogen and oxygen atoms in total. The molecular formula is C32H35F3N4O2. The zero-order valence-corrected chi connectivity index (χ0v) is 22.9. The van der Waals surface area contributed by atoms with Crippen molar-refractivity contribution in [3.63, 3.8) is 0 Å². The highest BCUT2D eigenvalue weighted by molar-refractivity contribution is 6.08. The summed E-state index contributed by atoms with van der Waals surface area (Å²) in [4.78, 5) is 29.9. The molecule has 0 radical (unpaired) electrons. The van der Waals surface area contributed by atoms with Crippen LogP contribution in [-0.2, 0) is 6.18 Å². The quantitative estimate of drug-likeness (QED) is 0.338. The molecule has 0 unspecified atom stereocenters. The number of alkyl halides is 3. The minimum Gasteiger partial charge on any atom is -0.368 e. The molecule has 1 heterocycles. The van der Waals surface area contributed by atoms with Gasteiger partial charge in [0, 0.05) is 49.7 Å². The summed E-state index contributed by atoms with van der Waals surface area (Å²) in [7, 11) is 0. The molecular weight excluding hydrogens is 529 g/mol. The standard InChI is InChI=1S/C32H35F3N4O2/c33-32(34,35)25-12-10-24(11-13-25)28-8-4-5-9-29(28)30(40)37-26-14-16-27(17-15-26)38-18-20-39(21-19-38)31(41)36-22-23-6-2-1-3-7-23/h4-5,8-17,23H,1-3,6-7,18-22H2,(H,36,41)(H,37,40). The number of benzene rings is 3. The van der Waals surface area contributed by atoms with E-state index in [2.05, 4.69) is 15.5 Å². The summed E-state index contributed by atoms with van der Waals surface area (Å²) in [6.07, 6.45) is 1.82. The number of nitrogens with one attached hydrogen (secondary N) is 2. The highest BCUT2D eigenvalue weighted by atomic mass is 19.4. The molecule has 0 bridgehead atoms. The number of carbonyl (C=O) groups is 2. The number of anilines is 2.